The number of hydrogen-bond donors (Lipinski definition) is 11. The first-order chi connectivity index (χ1) is 16.8. The lowest BCUT2D eigenvalue weighted by Crippen LogP contribution is -2.56. The van der Waals surface area contributed by atoms with Crippen molar-refractivity contribution in [1.82, 2.24) is 10.2 Å². The maximum absolute atomic E-state index is 11.8. The lowest BCUT2D eigenvalue weighted by molar-refractivity contribution is -0.125. The highest BCUT2D eigenvalue weighted by atomic mass is 31.3. The molecule has 6 unspecified atom stereocenters. The SMILES string of the molecule is NC(CO)(CO)CO.O=C1CCN(C2OC(COP(=O)(O)OP(=O)(O)OP(=O)(O)O)C(O)C2O)C(=O)N1. The van der Waals surface area contributed by atoms with E-state index < -0.39 is 91.9 Å². The molecular weight excluding hydrogens is 579 g/mol. The van der Waals surface area contributed by atoms with Gasteiger partial charge in [-0.25, -0.2) is 18.5 Å². The summed E-state index contributed by atoms with van der Waals surface area (Å²) in [5, 5.41) is 47.0. The van der Waals surface area contributed by atoms with Gasteiger partial charge in [-0.3, -0.25) is 19.5 Å². The minimum absolute atomic E-state index is 0.110. The number of aliphatic hydroxyl groups excluding tert-OH is 5. The summed E-state index contributed by atoms with van der Waals surface area (Å²) in [5.41, 5.74) is 3.94. The Kier molecular flexibility index (Phi) is 12.4. The van der Waals surface area contributed by atoms with E-state index in [1.807, 2.05) is 5.32 Å². The standard InChI is InChI=1S/C9H17N2O15P3.C4H11NO3/c12-5-1-2-11(9(15)10-5)8-7(14)6(13)4(24-8)3-23-28(19,20)26-29(21,22)25-27(16,17)18;5-4(1-6,2-7)3-8/h4,6-8,13-14H,1-3H2,(H,19,20)(H,21,22)(H,10,12,15)(H2,16,17,18);6-8H,1-3,5H2. The molecule has 3 amide bonds. The molecule has 2 fully saturated rings. The number of ether oxygens (including phenoxy) is 1. The third-order valence-electron chi connectivity index (χ3n) is 4.49. The number of imide groups is 1. The van der Waals surface area contributed by atoms with Crippen molar-refractivity contribution < 1.29 is 86.3 Å². The molecule has 0 spiro atoms. The number of rotatable bonds is 11. The summed E-state index contributed by atoms with van der Waals surface area (Å²) in [4.78, 5) is 59.1. The number of phosphoric acid groups is 3. The summed E-state index contributed by atoms with van der Waals surface area (Å²) in [7, 11) is -16.7. The fourth-order valence-corrected chi connectivity index (χ4v) is 5.60. The third-order valence-corrected chi connectivity index (χ3v) is 8.30. The number of nitrogens with two attached hydrogens (primary N) is 1. The van der Waals surface area contributed by atoms with Crippen LogP contribution in [0.15, 0.2) is 0 Å². The van der Waals surface area contributed by atoms with E-state index in [0.717, 1.165) is 4.90 Å². The average Bonchev–Trinajstić information content (AvgIpc) is 3.03. The average molecular weight is 607 g/mol. The number of phosphoric ester groups is 1. The van der Waals surface area contributed by atoms with Crippen molar-refractivity contribution in [2.24, 2.45) is 5.73 Å². The Balaban J connectivity index is 0.000000738. The van der Waals surface area contributed by atoms with Gasteiger partial charge in [-0.05, 0) is 0 Å². The van der Waals surface area contributed by atoms with Crippen LogP contribution in [0, 0.1) is 0 Å². The molecule has 218 valence electrons. The van der Waals surface area contributed by atoms with E-state index in [2.05, 4.69) is 13.1 Å². The maximum Gasteiger partial charge on any atom is 0.490 e. The van der Waals surface area contributed by atoms with Gasteiger partial charge in [0.25, 0.3) is 0 Å². The monoisotopic (exact) mass is 607 g/mol. The van der Waals surface area contributed by atoms with Gasteiger partial charge in [-0.15, -0.1) is 0 Å². The van der Waals surface area contributed by atoms with Gasteiger partial charge in [0.15, 0.2) is 6.23 Å². The van der Waals surface area contributed by atoms with E-state index in [1.54, 1.807) is 0 Å². The fraction of sp³-hybridized carbons (Fsp3) is 0.846. The van der Waals surface area contributed by atoms with Crippen LogP contribution in [0.3, 0.4) is 0 Å². The van der Waals surface area contributed by atoms with Crippen molar-refractivity contribution in [1.29, 1.82) is 0 Å². The molecule has 6 atom stereocenters. The first-order valence-corrected chi connectivity index (χ1v) is 14.3. The molecule has 24 heteroatoms. The van der Waals surface area contributed by atoms with Gasteiger partial charge in [0, 0.05) is 13.0 Å². The molecule has 2 saturated heterocycles. The van der Waals surface area contributed by atoms with Crippen molar-refractivity contribution in [2.45, 2.75) is 36.5 Å². The van der Waals surface area contributed by atoms with Crippen LogP contribution in [-0.4, -0.2) is 125 Å². The lowest BCUT2D eigenvalue weighted by Gasteiger charge is -2.32. The zero-order valence-electron chi connectivity index (χ0n) is 18.6. The molecule has 2 aliphatic heterocycles. The molecule has 0 aliphatic carbocycles. The third kappa shape index (κ3) is 11.0. The molecule has 0 bridgehead atoms. The van der Waals surface area contributed by atoms with E-state index in [9.17, 15) is 38.4 Å². The minimum Gasteiger partial charge on any atom is -0.394 e. The minimum atomic E-state index is -5.72. The number of nitrogens with zero attached hydrogens (tertiary/aromatic N) is 1. The Morgan fingerprint density at radius 1 is 0.973 bits per heavy atom. The van der Waals surface area contributed by atoms with Crippen LogP contribution >= 0.6 is 23.5 Å². The van der Waals surface area contributed by atoms with Crippen LogP contribution in [0.1, 0.15) is 6.42 Å². The molecule has 2 aliphatic rings. The second kappa shape index (κ2) is 13.4. The zero-order chi connectivity index (χ0) is 28.8. The summed E-state index contributed by atoms with van der Waals surface area (Å²) in [5.74, 6) is -0.566. The Morgan fingerprint density at radius 3 is 1.95 bits per heavy atom. The molecule has 21 nitrogen and oxygen atoms in total. The summed E-state index contributed by atoms with van der Waals surface area (Å²) < 4.78 is 50.0. The van der Waals surface area contributed by atoms with Crippen molar-refractivity contribution >= 4 is 35.4 Å². The van der Waals surface area contributed by atoms with Crippen LogP contribution in [0.4, 0.5) is 4.79 Å². The molecule has 0 saturated carbocycles. The van der Waals surface area contributed by atoms with Gasteiger partial charge in [0.1, 0.15) is 18.3 Å². The second-order valence-corrected chi connectivity index (χ2v) is 12.0. The largest absolute Gasteiger partial charge is 0.490 e. The van der Waals surface area contributed by atoms with E-state index in [1.165, 1.54) is 0 Å². The van der Waals surface area contributed by atoms with E-state index in [4.69, 9.17) is 40.5 Å². The molecule has 0 aromatic heterocycles. The number of urea groups is 1. The summed E-state index contributed by atoms with van der Waals surface area (Å²) >= 11 is 0. The van der Waals surface area contributed by atoms with Crippen LogP contribution in [-0.2, 0) is 36.4 Å². The molecule has 0 radical (unpaired) electrons. The van der Waals surface area contributed by atoms with Gasteiger partial charge in [-0.1, -0.05) is 0 Å². The summed E-state index contributed by atoms with van der Waals surface area (Å²) in [6.45, 7) is -2.38. The van der Waals surface area contributed by atoms with E-state index in [0.29, 0.717) is 0 Å². The topological polar surface area (TPSA) is 346 Å². The first-order valence-electron chi connectivity index (χ1n) is 9.80. The number of nitrogens with one attached hydrogen (secondary N) is 1. The van der Waals surface area contributed by atoms with Gasteiger partial charge in [0.05, 0.1) is 32.0 Å². The zero-order valence-corrected chi connectivity index (χ0v) is 21.3. The van der Waals surface area contributed by atoms with Crippen LogP contribution in [0.2, 0.25) is 0 Å². The molecule has 12 N–H and O–H groups in total. The molecule has 0 aromatic carbocycles. The second-order valence-electron chi connectivity index (χ2n) is 7.57. The van der Waals surface area contributed by atoms with Gasteiger partial charge >= 0.3 is 29.5 Å². The number of carbonyl (C=O) groups is 2. The lowest BCUT2D eigenvalue weighted by atomic mass is 10.1. The Morgan fingerprint density at radius 2 is 1.51 bits per heavy atom. The Labute approximate surface area is 207 Å². The van der Waals surface area contributed by atoms with Gasteiger partial charge in [-0.2, -0.15) is 8.62 Å². The normalized spacial score (nSPS) is 28.1. The van der Waals surface area contributed by atoms with Gasteiger partial charge in [0.2, 0.25) is 5.91 Å². The highest BCUT2D eigenvalue weighted by Gasteiger charge is 2.49. The molecule has 0 aromatic rings. The van der Waals surface area contributed by atoms with Crippen LogP contribution in [0.25, 0.3) is 0 Å². The van der Waals surface area contributed by atoms with Crippen LogP contribution < -0.4 is 11.1 Å². The molecular formula is C13H28N3O18P3. The van der Waals surface area contributed by atoms with Gasteiger partial charge < -0.3 is 55.6 Å². The van der Waals surface area contributed by atoms with Crippen molar-refractivity contribution in [3.8, 4) is 0 Å². The highest BCUT2D eigenvalue weighted by molar-refractivity contribution is 7.66. The Hall–Kier alpha value is -0.930. The van der Waals surface area contributed by atoms with Crippen LogP contribution in [0.5, 0.6) is 0 Å². The predicted molar refractivity (Wildman–Crippen MR) is 114 cm³/mol. The smallest absolute Gasteiger partial charge is 0.394 e. The summed E-state index contributed by atoms with van der Waals surface area (Å²) in [6, 6.07) is -0.911. The van der Waals surface area contributed by atoms with E-state index >= 15 is 0 Å². The number of aliphatic hydroxyl groups is 5. The molecule has 2 heterocycles. The molecule has 37 heavy (non-hydrogen) atoms. The summed E-state index contributed by atoms with van der Waals surface area (Å²) in [6.07, 6.45) is -6.56. The van der Waals surface area contributed by atoms with Crippen molar-refractivity contribution in [3.63, 3.8) is 0 Å². The highest BCUT2D eigenvalue weighted by Crippen LogP contribution is 2.66. The maximum atomic E-state index is 11.8. The first kappa shape index (κ1) is 34.1. The fourth-order valence-electron chi connectivity index (χ4n) is 2.57. The van der Waals surface area contributed by atoms with Crippen molar-refractivity contribution in [2.75, 3.05) is 33.0 Å². The van der Waals surface area contributed by atoms with Crippen molar-refractivity contribution in [3.05, 3.63) is 0 Å². The number of carbonyl (C=O) groups excluding carboxylic acids is 2. The number of amides is 3. The number of hydrogen-bond acceptors (Lipinski definition) is 15. The van der Waals surface area contributed by atoms with E-state index in [-0.39, 0.29) is 13.0 Å². The quantitative estimate of drug-likeness (QED) is 0.0983. The molecule has 2 rings (SSSR count). The Bertz CT molecular complexity index is 933. The predicted octanol–water partition coefficient (Wildman–Crippen LogP) is -4.62.